The second-order valence-corrected chi connectivity index (χ2v) is 10.4. The van der Waals surface area contributed by atoms with Crippen LogP contribution in [0, 0.1) is 11.8 Å². The summed E-state index contributed by atoms with van der Waals surface area (Å²) in [6, 6.07) is 12.4. The minimum atomic E-state index is -0.114. The van der Waals surface area contributed by atoms with Crippen LogP contribution in [0.5, 0.6) is 0 Å². The molecule has 0 saturated heterocycles. The topological polar surface area (TPSA) is 45.6 Å². The lowest BCUT2D eigenvalue weighted by Crippen LogP contribution is -2.45. The molecule has 0 bridgehead atoms. The van der Waals surface area contributed by atoms with Crippen LogP contribution in [0.25, 0.3) is 0 Å². The smallest absolute Gasteiger partial charge is 0.242 e. The number of unbranched alkanes of at least 4 members (excludes halogenated alkanes) is 1. The van der Waals surface area contributed by atoms with E-state index in [0.29, 0.717) is 25.6 Å². The third kappa shape index (κ3) is 9.00. The van der Waals surface area contributed by atoms with Gasteiger partial charge in [0.1, 0.15) is 0 Å². The second-order valence-electron chi connectivity index (χ2n) is 9.52. The molecular formula is C27H40BrN3O2. The largest absolute Gasteiger partial charge is 0.345 e. The monoisotopic (exact) mass is 517 g/mol. The van der Waals surface area contributed by atoms with Gasteiger partial charge in [-0.05, 0) is 48.6 Å². The Kier molecular flexibility index (Phi) is 11.2. The molecule has 0 atom stereocenters. The number of carbonyl (C=O) groups is 2. The number of aromatic nitrogens is 1. The van der Waals surface area contributed by atoms with Crippen molar-refractivity contribution in [2.45, 2.75) is 67.0 Å². The zero-order valence-electron chi connectivity index (χ0n) is 20.9. The Hall–Kier alpha value is -2.08. The van der Waals surface area contributed by atoms with E-state index in [4.69, 9.17) is 0 Å². The van der Waals surface area contributed by atoms with Crippen molar-refractivity contribution in [1.29, 1.82) is 0 Å². The molecule has 1 heterocycles. The fraction of sp³-hybridized carbons (Fsp3) is 0.556. The lowest BCUT2D eigenvalue weighted by molar-refractivity contribution is -0.142. The van der Waals surface area contributed by atoms with Gasteiger partial charge in [-0.2, -0.15) is 0 Å². The molecular weight excluding hydrogens is 478 g/mol. The van der Waals surface area contributed by atoms with Crippen LogP contribution in [-0.4, -0.2) is 45.8 Å². The van der Waals surface area contributed by atoms with Gasteiger partial charge in [-0.1, -0.05) is 69.1 Å². The Morgan fingerprint density at radius 2 is 1.70 bits per heavy atom. The first-order valence-electron chi connectivity index (χ1n) is 12.2. The summed E-state index contributed by atoms with van der Waals surface area (Å²) in [6.07, 6.45) is 4.93. The fourth-order valence-corrected chi connectivity index (χ4v) is 3.94. The Balaban J connectivity index is 2.14. The summed E-state index contributed by atoms with van der Waals surface area (Å²) in [5.74, 6) is 0.452. The molecule has 33 heavy (non-hydrogen) atoms. The van der Waals surface area contributed by atoms with Gasteiger partial charge in [0, 0.05) is 41.9 Å². The Morgan fingerprint density at radius 3 is 2.30 bits per heavy atom. The van der Waals surface area contributed by atoms with Crippen molar-refractivity contribution >= 4 is 27.7 Å². The van der Waals surface area contributed by atoms with Crippen LogP contribution >= 0.6 is 15.9 Å². The molecule has 0 aliphatic carbocycles. The molecule has 2 aromatic rings. The van der Waals surface area contributed by atoms with Crippen molar-refractivity contribution in [3.8, 4) is 0 Å². The average Bonchev–Trinajstić information content (AvgIpc) is 3.21. The maximum Gasteiger partial charge on any atom is 0.242 e. The number of amides is 2. The van der Waals surface area contributed by atoms with Gasteiger partial charge in [0.2, 0.25) is 11.8 Å². The highest BCUT2D eigenvalue weighted by Crippen LogP contribution is 2.15. The van der Waals surface area contributed by atoms with Gasteiger partial charge in [-0.15, -0.1) is 0 Å². The first-order chi connectivity index (χ1) is 15.7. The van der Waals surface area contributed by atoms with Gasteiger partial charge in [0.25, 0.3) is 0 Å². The number of carbonyl (C=O) groups excluding carboxylic acids is 2. The summed E-state index contributed by atoms with van der Waals surface area (Å²) in [4.78, 5) is 29.8. The van der Waals surface area contributed by atoms with E-state index < -0.39 is 0 Å². The minimum absolute atomic E-state index is 0.0256. The molecule has 6 heteroatoms. The molecule has 1 aromatic heterocycles. The van der Waals surface area contributed by atoms with Gasteiger partial charge >= 0.3 is 0 Å². The predicted molar refractivity (Wildman–Crippen MR) is 139 cm³/mol. The van der Waals surface area contributed by atoms with E-state index in [1.54, 1.807) is 4.90 Å². The third-order valence-electron chi connectivity index (χ3n) is 5.78. The van der Waals surface area contributed by atoms with Gasteiger partial charge in [-0.25, -0.2) is 0 Å². The van der Waals surface area contributed by atoms with Gasteiger partial charge in [0.15, 0.2) is 0 Å². The normalized spacial score (nSPS) is 11.3. The molecule has 0 aliphatic heterocycles. The predicted octanol–water partition coefficient (Wildman–Crippen LogP) is 5.96. The fourth-order valence-electron chi connectivity index (χ4n) is 3.68. The Morgan fingerprint density at radius 1 is 1.00 bits per heavy atom. The van der Waals surface area contributed by atoms with Crippen molar-refractivity contribution in [2.24, 2.45) is 11.8 Å². The summed E-state index contributed by atoms with van der Waals surface area (Å²) in [5.41, 5.74) is 2.32. The molecule has 0 fully saturated rings. The van der Waals surface area contributed by atoms with Crippen LogP contribution < -0.4 is 0 Å². The molecule has 0 aliphatic rings. The number of halogens is 1. The van der Waals surface area contributed by atoms with Gasteiger partial charge < -0.3 is 14.4 Å². The molecule has 1 aromatic carbocycles. The number of hydrogen-bond donors (Lipinski definition) is 0. The average molecular weight is 519 g/mol. The lowest BCUT2D eigenvalue weighted by atomic mass is 10.1. The maximum absolute atomic E-state index is 13.4. The standard InChI is InChI=1S/C27H40BrN3O2/c1-6-7-15-30(26(32)20-31(17-14-21(2)3)27(33)22(4)5)19-25-9-8-16-29(25)18-23-10-12-24(28)13-11-23/h8-13,16,21-22H,6-7,14-15,17-20H2,1-5H3. The van der Waals surface area contributed by atoms with Gasteiger partial charge in [-0.3, -0.25) is 9.59 Å². The summed E-state index contributed by atoms with van der Waals surface area (Å²) in [7, 11) is 0. The van der Waals surface area contributed by atoms with Crippen molar-refractivity contribution in [1.82, 2.24) is 14.4 Å². The molecule has 2 rings (SSSR count). The summed E-state index contributed by atoms with van der Waals surface area (Å²) < 4.78 is 3.26. The van der Waals surface area contributed by atoms with Gasteiger partial charge in [0.05, 0.1) is 13.1 Å². The lowest BCUT2D eigenvalue weighted by Gasteiger charge is -2.29. The van der Waals surface area contributed by atoms with Crippen molar-refractivity contribution in [3.63, 3.8) is 0 Å². The highest BCUT2D eigenvalue weighted by Gasteiger charge is 2.23. The molecule has 0 spiro atoms. The highest BCUT2D eigenvalue weighted by molar-refractivity contribution is 9.10. The maximum atomic E-state index is 13.4. The van der Waals surface area contributed by atoms with Crippen molar-refractivity contribution in [2.75, 3.05) is 19.6 Å². The van der Waals surface area contributed by atoms with Crippen LogP contribution in [0.15, 0.2) is 47.1 Å². The molecule has 5 nitrogen and oxygen atoms in total. The van der Waals surface area contributed by atoms with E-state index in [1.165, 1.54) is 5.56 Å². The van der Waals surface area contributed by atoms with E-state index in [0.717, 1.165) is 36.0 Å². The quantitative estimate of drug-likeness (QED) is 0.329. The van der Waals surface area contributed by atoms with Crippen LogP contribution in [0.3, 0.4) is 0 Å². The number of hydrogen-bond acceptors (Lipinski definition) is 2. The number of nitrogens with zero attached hydrogens (tertiary/aromatic N) is 3. The van der Waals surface area contributed by atoms with Crippen LogP contribution in [0.1, 0.15) is 65.1 Å². The SMILES string of the molecule is CCCCN(Cc1cccn1Cc1ccc(Br)cc1)C(=O)CN(CCC(C)C)C(=O)C(C)C. The molecule has 182 valence electrons. The highest BCUT2D eigenvalue weighted by atomic mass is 79.9. The molecule has 0 saturated carbocycles. The number of rotatable bonds is 13. The molecule has 0 radical (unpaired) electrons. The minimum Gasteiger partial charge on any atom is -0.345 e. The van der Waals surface area contributed by atoms with E-state index in [1.807, 2.05) is 36.9 Å². The van der Waals surface area contributed by atoms with Crippen molar-refractivity contribution < 1.29 is 9.59 Å². The third-order valence-corrected chi connectivity index (χ3v) is 6.31. The van der Waals surface area contributed by atoms with E-state index in [2.05, 4.69) is 65.7 Å². The van der Waals surface area contributed by atoms with E-state index in [-0.39, 0.29) is 24.3 Å². The zero-order chi connectivity index (χ0) is 24.4. The Bertz CT molecular complexity index is 874. The summed E-state index contributed by atoms with van der Waals surface area (Å²) >= 11 is 3.49. The first-order valence-corrected chi connectivity index (χ1v) is 13.0. The summed E-state index contributed by atoms with van der Waals surface area (Å²) in [5, 5.41) is 0. The first kappa shape index (κ1) is 27.2. The molecule has 0 unspecified atom stereocenters. The van der Waals surface area contributed by atoms with Crippen LogP contribution in [-0.2, 0) is 22.7 Å². The molecule has 2 amide bonds. The van der Waals surface area contributed by atoms with Crippen LogP contribution in [0.2, 0.25) is 0 Å². The summed E-state index contributed by atoms with van der Waals surface area (Å²) in [6.45, 7) is 13.0. The van der Waals surface area contributed by atoms with Crippen LogP contribution in [0.4, 0.5) is 0 Å². The van der Waals surface area contributed by atoms with Crippen molar-refractivity contribution in [3.05, 3.63) is 58.3 Å². The molecule has 0 N–H and O–H groups in total. The second kappa shape index (κ2) is 13.6. The number of benzene rings is 1. The zero-order valence-corrected chi connectivity index (χ0v) is 22.5. The van der Waals surface area contributed by atoms with E-state index in [9.17, 15) is 9.59 Å². The van der Waals surface area contributed by atoms with E-state index >= 15 is 0 Å². The Labute approximate surface area is 208 Å².